The molecule has 0 aromatic rings. The van der Waals surface area contributed by atoms with Crippen LogP contribution in [0.25, 0.3) is 0 Å². The van der Waals surface area contributed by atoms with Crippen LogP contribution in [0.15, 0.2) is 0 Å². The van der Waals surface area contributed by atoms with Crippen molar-refractivity contribution >= 4 is 0 Å². The molecule has 0 radical (unpaired) electrons. The zero-order valence-electron chi connectivity index (χ0n) is 8.43. The Morgan fingerprint density at radius 1 is 1.29 bits per heavy atom. The van der Waals surface area contributed by atoms with Crippen molar-refractivity contribution < 1.29 is 19.7 Å². The van der Waals surface area contributed by atoms with Crippen LogP contribution in [0.2, 0.25) is 0 Å². The van der Waals surface area contributed by atoms with Gasteiger partial charge in [-0.2, -0.15) is 0 Å². The Morgan fingerprint density at radius 2 is 1.93 bits per heavy atom. The smallest absolute Gasteiger partial charge is 0.163 e. The van der Waals surface area contributed by atoms with Crippen LogP contribution in [-0.2, 0) is 9.47 Å². The molecule has 3 rings (SSSR count). The van der Waals surface area contributed by atoms with Crippen LogP contribution in [0.4, 0.5) is 0 Å². The van der Waals surface area contributed by atoms with Crippen LogP contribution in [0, 0.1) is 11.3 Å². The molecule has 0 amide bonds. The number of hydrogen-bond donors (Lipinski definition) is 2. The van der Waals surface area contributed by atoms with Gasteiger partial charge in [-0.1, -0.05) is 0 Å². The molecule has 3 fully saturated rings. The fourth-order valence-electron chi connectivity index (χ4n) is 3.11. The number of rotatable bonds is 1. The highest BCUT2D eigenvalue weighted by Crippen LogP contribution is 2.66. The van der Waals surface area contributed by atoms with Crippen LogP contribution >= 0.6 is 0 Å². The minimum atomic E-state index is -0.583. The first-order valence-corrected chi connectivity index (χ1v) is 5.15. The Balaban J connectivity index is 1.87. The van der Waals surface area contributed by atoms with Crippen molar-refractivity contribution in [2.75, 3.05) is 6.61 Å². The van der Waals surface area contributed by atoms with Gasteiger partial charge in [0.25, 0.3) is 0 Å². The molecular weight excluding hydrogens is 184 g/mol. The first-order chi connectivity index (χ1) is 6.50. The summed E-state index contributed by atoms with van der Waals surface area (Å²) in [6.07, 6.45) is 0.0398. The lowest BCUT2D eigenvalue weighted by molar-refractivity contribution is -0.170. The van der Waals surface area contributed by atoms with Gasteiger partial charge < -0.3 is 19.7 Å². The molecule has 1 saturated heterocycles. The van der Waals surface area contributed by atoms with Crippen molar-refractivity contribution in [2.24, 2.45) is 11.3 Å². The fraction of sp³-hybridized carbons (Fsp3) is 1.00. The SMILES string of the molecule is CC1(C)O[C@@H]2[C@H](O1)[C@@H]1C[C@]1(CO)[C@@H]2O. The van der Waals surface area contributed by atoms with Gasteiger partial charge in [0.1, 0.15) is 6.10 Å². The summed E-state index contributed by atoms with van der Waals surface area (Å²) >= 11 is 0. The average Bonchev–Trinajstić information content (AvgIpc) is 2.71. The van der Waals surface area contributed by atoms with Crippen molar-refractivity contribution in [3.63, 3.8) is 0 Å². The van der Waals surface area contributed by atoms with Crippen LogP contribution in [0.3, 0.4) is 0 Å². The van der Waals surface area contributed by atoms with Gasteiger partial charge in [-0.15, -0.1) is 0 Å². The maximum Gasteiger partial charge on any atom is 0.163 e. The Morgan fingerprint density at radius 3 is 2.50 bits per heavy atom. The molecule has 0 aromatic carbocycles. The highest BCUT2D eigenvalue weighted by atomic mass is 16.8. The van der Waals surface area contributed by atoms with E-state index in [1.165, 1.54) is 0 Å². The Bertz CT molecular complexity index is 269. The van der Waals surface area contributed by atoms with E-state index in [0.717, 1.165) is 6.42 Å². The first kappa shape index (κ1) is 9.09. The van der Waals surface area contributed by atoms with Crippen molar-refractivity contribution in [1.82, 2.24) is 0 Å². The van der Waals surface area contributed by atoms with E-state index in [1.54, 1.807) is 0 Å². The Hall–Kier alpha value is -0.160. The quantitative estimate of drug-likeness (QED) is 0.619. The lowest BCUT2D eigenvalue weighted by Gasteiger charge is -2.23. The highest BCUT2D eigenvalue weighted by Gasteiger charge is 2.74. The zero-order valence-corrected chi connectivity index (χ0v) is 8.43. The molecule has 1 aliphatic heterocycles. The molecule has 80 valence electrons. The number of ether oxygens (including phenoxy) is 2. The number of aliphatic hydroxyl groups is 2. The first-order valence-electron chi connectivity index (χ1n) is 5.15. The molecule has 3 aliphatic rings. The van der Waals surface area contributed by atoms with Crippen molar-refractivity contribution in [3.05, 3.63) is 0 Å². The summed E-state index contributed by atoms with van der Waals surface area (Å²) in [5.74, 6) is -0.296. The van der Waals surface area contributed by atoms with E-state index in [9.17, 15) is 10.2 Å². The van der Waals surface area contributed by atoms with Crippen molar-refractivity contribution in [3.8, 4) is 0 Å². The van der Waals surface area contributed by atoms with E-state index in [4.69, 9.17) is 9.47 Å². The predicted octanol–water partition coefficient (Wildman–Crippen LogP) is -0.120. The van der Waals surface area contributed by atoms with Gasteiger partial charge in [0.2, 0.25) is 0 Å². The van der Waals surface area contributed by atoms with E-state index < -0.39 is 11.9 Å². The molecule has 0 bridgehead atoms. The van der Waals surface area contributed by atoms with E-state index in [1.807, 2.05) is 13.8 Å². The normalized spacial score (nSPS) is 58.3. The predicted molar refractivity (Wildman–Crippen MR) is 47.5 cm³/mol. The molecule has 2 N–H and O–H groups in total. The minimum Gasteiger partial charge on any atom is -0.396 e. The van der Waals surface area contributed by atoms with Gasteiger partial charge in [0.15, 0.2) is 5.79 Å². The van der Waals surface area contributed by atoms with Gasteiger partial charge in [-0.05, 0) is 26.2 Å². The fourth-order valence-corrected chi connectivity index (χ4v) is 3.11. The van der Waals surface area contributed by atoms with Crippen LogP contribution in [0.5, 0.6) is 0 Å². The summed E-state index contributed by atoms with van der Waals surface area (Å²) in [5, 5.41) is 19.3. The molecule has 5 atom stereocenters. The zero-order chi connectivity index (χ0) is 10.1. The topological polar surface area (TPSA) is 58.9 Å². The number of hydrogen-bond acceptors (Lipinski definition) is 4. The minimum absolute atomic E-state index is 0.0212. The summed E-state index contributed by atoms with van der Waals surface area (Å²) in [4.78, 5) is 0. The highest BCUT2D eigenvalue weighted by molar-refractivity contribution is 5.21. The second-order valence-electron chi connectivity index (χ2n) is 5.21. The van der Waals surface area contributed by atoms with Gasteiger partial charge in [0.05, 0.1) is 18.8 Å². The number of aliphatic hydroxyl groups excluding tert-OH is 2. The van der Waals surface area contributed by atoms with Crippen LogP contribution in [0.1, 0.15) is 20.3 Å². The number of fused-ring (bicyclic) bond motifs is 3. The standard InChI is InChI=1S/C10H16O4/c1-9(2)13-6-5-3-10(5,4-11)8(12)7(6)14-9/h5-8,11-12H,3-4H2,1-2H3/t5-,6+,7+,8+,10+/m0/s1. The lowest BCUT2D eigenvalue weighted by Crippen LogP contribution is -2.36. The molecule has 14 heavy (non-hydrogen) atoms. The van der Waals surface area contributed by atoms with E-state index in [2.05, 4.69) is 0 Å². The van der Waals surface area contributed by atoms with E-state index >= 15 is 0 Å². The molecule has 1 heterocycles. The van der Waals surface area contributed by atoms with Gasteiger partial charge in [-0.25, -0.2) is 0 Å². The molecule has 0 spiro atoms. The molecule has 2 aliphatic carbocycles. The third-order valence-electron chi connectivity index (χ3n) is 3.93. The second-order valence-corrected chi connectivity index (χ2v) is 5.21. The molecule has 4 heteroatoms. The molecule has 2 saturated carbocycles. The third kappa shape index (κ3) is 0.877. The summed E-state index contributed by atoms with van der Waals surface area (Å²) < 4.78 is 11.4. The Kier molecular flexibility index (Phi) is 1.51. The van der Waals surface area contributed by atoms with Crippen LogP contribution < -0.4 is 0 Å². The van der Waals surface area contributed by atoms with Gasteiger partial charge in [-0.3, -0.25) is 0 Å². The van der Waals surface area contributed by atoms with Gasteiger partial charge >= 0.3 is 0 Å². The van der Waals surface area contributed by atoms with Crippen molar-refractivity contribution in [2.45, 2.75) is 44.4 Å². The molecule has 0 aromatic heterocycles. The molecule has 4 nitrogen and oxygen atoms in total. The maximum atomic E-state index is 10.0. The van der Waals surface area contributed by atoms with E-state index in [0.29, 0.717) is 0 Å². The largest absolute Gasteiger partial charge is 0.396 e. The maximum absolute atomic E-state index is 10.0. The van der Waals surface area contributed by atoms with Crippen LogP contribution in [-0.4, -0.2) is 40.9 Å². The lowest BCUT2D eigenvalue weighted by atomic mass is 10.0. The third-order valence-corrected chi connectivity index (χ3v) is 3.93. The van der Waals surface area contributed by atoms with E-state index in [-0.39, 0.29) is 30.1 Å². The molecule has 0 unspecified atom stereocenters. The average molecular weight is 200 g/mol. The Labute approximate surface area is 82.8 Å². The summed E-state index contributed by atoms with van der Waals surface area (Å²) in [6.45, 7) is 3.76. The van der Waals surface area contributed by atoms with Gasteiger partial charge in [0, 0.05) is 5.41 Å². The molecular formula is C10H16O4. The van der Waals surface area contributed by atoms with Crippen molar-refractivity contribution in [1.29, 1.82) is 0 Å². The summed E-state index contributed by atoms with van der Waals surface area (Å²) in [5.41, 5.74) is -0.314. The second kappa shape index (κ2) is 2.32. The monoisotopic (exact) mass is 200 g/mol. The summed E-state index contributed by atoms with van der Waals surface area (Å²) in [6, 6.07) is 0. The summed E-state index contributed by atoms with van der Waals surface area (Å²) in [7, 11) is 0.